The van der Waals surface area contributed by atoms with Gasteiger partial charge in [-0.05, 0) is 17.6 Å². The first-order chi connectivity index (χ1) is 5.27. The number of phenolic OH excluding ortho intramolecular Hbond substituents is 2. The smallest absolute Gasteiger partial charge is 0.129 e. The average Bonchev–Trinajstić information content (AvgIpc) is 2.34. The molecule has 0 saturated heterocycles. The fourth-order valence-electron chi connectivity index (χ4n) is 0.939. The number of hydrogen-bond donors (Lipinski definition) is 2. The third kappa shape index (κ3) is 0.914. The Labute approximate surface area is 66.7 Å². The third-order valence-electron chi connectivity index (χ3n) is 1.44. The highest BCUT2D eigenvalue weighted by Crippen LogP contribution is 2.31. The number of phenols is 2. The van der Waals surface area contributed by atoms with Gasteiger partial charge in [0.25, 0.3) is 0 Å². The van der Waals surface area contributed by atoms with Crippen LogP contribution in [0.5, 0.6) is 11.5 Å². The molecule has 0 bridgehead atoms. The first-order valence-electron chi connectivity index (χ1n) is 3.04. The summed E-state index contributed by atoms with van der Waals surface area (Å²) in [6, 6.07) is 2.88. The molecule has 2 aromatic rings. The average molecular weight is 167 g/mol. The Morgan fingerprint density at radius 2 is 2.09 bits per heavy atom. The van der Waals surface area contributed by atoms with E-state index in [1.165, 1.54) is 17.6 Å². The molecular formula is C7H5NO2S. The molecule has 0 unspecified atom stereocenters. The van der Waals surface area contributed by atoms with E-state index in [2.05, 4.69) is 4.37 Å². The number of rotatable bonds is 0. The number of hydrogen-bond acceptors (Lipinski definition) is 4. The van der Waals surface area contributed by atoms with Gasteiger partial charge in [0.2, 0.25) is 0 Å². The van der Waals surface area contributed by atoms with E-state index in [1.807, 2.05) is 0 Å². The lowest BCUT2D eigenvalue weighted by Gasteiger charge is -1.94. The van der Waals surface area contributed by atoms with E-state index in [0.717, 1.165) is 4.70 Å². The standard InChI is InChI=1S/C7H5NO2S/c9-4-1-6(10)5-3-8-11-7(5)2-4/h1-3,9-10H. The Bertz CT molecular complexity index is 396. The first-order valence-corrected chi connectivity index (χ1v) is 3.81. The van der Waals surface area contributed by atoms with Crippen molar-refractivity contribution in [3.63, 3.8) is 0 Å². The highest BCUT2D eigenvalue weighted by atomic mass is 32.1. The van der Waals surface area contributed by atoms with Crippen molar-refractivity contribution in [2.24, 2.45) is 0 Å². The maximum atomic E-state index is 9.25. The second-order valence-corrected chi connectivity index (χ2v) is 3.04. The van der Waals surface area contributed by atoms with E-state index in [0.29, 0.717) is 5.39 Å². The van der Waals surface area contributed by atoms with Crippen LogP contribution in [0, 0.1) is 0 Å². The van der Waals surface area contributed by atoms with Gasteiger partial charge in [0.15, 0.2) is 0 Å². The van der Waals surface area contributed by atoms with Gasteiger partial charge in [-0.3, -0.25) is 0 Å². The van der Waals surface area contributed by atoms with Crippen molar-refractivity contribution in [2.75, 3.05) is 0 Å². The van der Waals surface area contributed by atoms with Crippen LogP contribution < -0.4 is 0 Å². The van der Waals surface area contributed by atoms with Gasteiger partial charge >= 0.3 is 0 Å². The van der Waals surface area contributed by atoms with Crippen molar-refractivity contribution in [2.45, 2.75) is 0 Å². The Kier molecular flexibility index (Phi) is 1.22. The lowest BCUT2D eigenvalue weighted by molar-refractivity contribution is 0.455. The number of aromatic nitrogens is 1. The molecule has 2 N–H and O–H groups in total. The topological polar surface area (TPSA) is 53.4 Å². The summed E-state index contributed by atoms with van der Waals surface area (Å²) < 4.78 is 4.67. The highest BCUT2D eigenvalue weighted by molar-refractivity contribution is 7.13. The molecule has 1 heterocycles. The number of fused-ring (bicyclic) bond motifs is 1. The van der Waals surface area contributed by atoms with Crippen LogP contribution in [0.2, 0.25) is 0 Å². The van der Waals surface area contributed by atoms with E-state index in [1.54, 1.807) is 12.3 Å². The van der Waals surface area contributed by atoms with Gasteiger partial charge in [-0.15, -0.1) is 0 Å². The van der Waals surface area contributed by atoms with Crippen LogP contribution in [0.3, 0.4) is 0 Å². The van der Waals surface area contributed by atoms with Crippen molar-refractivity contribution >= 4 is 21.6 Å². The lowest BCUT2D eigenvalue weighted by Crippen LogP contribution is -1.66. The van der Waals surface area contributed by atoms with E-state index >= 15 is 0 Å². The summed E-state index contributed by atoms with van der Waals surface area (Å²) in [5, 5.41) is 19.0. The number of benzene rings is 1. The van der Waals surface area contributed by atoms with Crippen LogP contribution >= 0.6 is 11.5 Å². The quantitative estimate of drug-likeness (QED) is 0.628. The molecular weight excluding hydrogens is 162 g/mol. The monoisotopic (exact) mass is 167 g/mol. The van der Waals surface area contributed by atoms with Gasteiger partial charge in [-0.2, -0.15) is 4.37 Å². The number of aromatic hydroxyl groups is 2. The second kappa shape index (κ2) is 2.10. The fourth-order valence-corrected chi connectivity index (χ4v) is 1.64. The van der Waals surface area contributed by atoms with Gasteiger partial charge in [0.05, 0.1) is 16.3 Å². The molecule has 0 fully saturated rings. The first kappa shape index (κ1) is 6.42. The lowest BCUT2D eigenvalue weighted by atomic mass is 10.2. The zero-order valence-corrected chi connectivity index (χ0v) is 6.30. The maximum Gasteiger partial charge on any atom is 0.129 e. The Balaban J connectivity index is 2.91. The minimum atomic E-state index is 0.0688. The molecule has 1 aromatic heterocycles. The number of nitrogens with zero attached hydrogens (tertiary/aromatic N) is 1. The minimum absolute atomic E-state index is 0.0688. The van der Waals surface area contributed by atoms with Crippen LogP contribution in [0.25, 0.3) is 10.1 Å². The van der Waals surface area contributed by atoms with Crippen molar-refractivity contribution in [1.82, 2.24) is 4.37 Å². The molecule has 4 heteroatoms. The van der Waals surface area contributed by atoms with Gasteiger partial charge in [0.1, 0.15) is 11.5 Å². The minimum Gasteiger partial charge on any atom is -0.508 e. The molecule has 1 aromatic carbocycles. The molecule has 56 valence electrons. The molecule has 0 amide bonds. The molecule has 0 saturated carbocycles. The molecule has 0 aliphatic heterocycles. The van der Waals surface area contributed by atoms with Crippen molar-refractivity contribution in [1.29, 1.82) is 0 Å². The Hall–Kier alpha value is -1.29. The van der Waals surface area contributed by atoms with Gasteiger partial charge < -0.3 is 10.2 Å². The predicted octanol–water partition coefficient (Wildman–Crippen LogP) is 1.71. The van der Waals surface area contributed by atoms with Crippen LogP contribution in [0.15, 0.2) is 18.3 Å². The van der Waals surface area contributed by atoms with Crippen molar-refractivity contribution < 1.29 is 10.2 Å². The summed E-state index contributed by atoms with van der Waals surface area (Å²) in [4.78, 5) is 0. The molecule has 0 radical (unpaired) electrons. The second-order valence-electron chi connectivity index (χ2n) is 2.20. The Morgan fingerprint density at radius 1 is 1.27 bits per heavy atom. The molecule has 0 aliphatic rings. The summed E-state index contributed by atoms with van der Waals surface area (Å²) in [7, 11) is 0. The fraction of sp³-hybridized carbons (Fsp3) is 0. The highest BCUT2D eigenvalue weighted by Gasteiger charge is 2.03. The van der Waals surface area contributed by atoms with Crippen LogP contribution in [0.4, 0.5) is 0 Å². The van der Waals surface area contributed by atoms with E-state index in [9.17, 15) is 5.11 Å². The molecule has 11 heavy (non-hydrogen) atoms. The van der Waals surface area contributed by atoms with E-state index in [4.69, 9.17) is 5.11 Å². The normalized spacial score (nSPS) is 10.5. The maximum absolute atomic E-state index is 9.25. The van der Waals surface area contributed by atoms with Crippen molar-refractivity contribution in [3.05, 3.63) is 18.3 Å². The van der Waals surface area contributed by atoms with Gasteiger partial charge in [0, 0.05) is 6.07 Å². The zero-order chi connectivity index (χ0) is 7.84. The van der Waals surface area contributed by atoms with Crippen LogP contribution in [-0.2, 0) is 0 Å². The third-order valence-corrected chi connectivity index (χ3v) is 2.18. The largest absolute Gasteiger partial charge is 0.508 e. The molecule has 0 aliphatic carbocycles. The summed E-state index contributed by atoms with van der Waals surface area (Å²) in [5.41, 5.74) is 0. The SMILES string of the molecule is Oc1cc(O)c2cnsc2c1. The molecule has 2 rings (SSSR count). The Morgan fingerprint density at radius 3 is 2.91 bits per heavy atom. The van der Waals surface area contributed by atoms with Crippen LogP contribution in [-0.4, -0.2) is 14.6 Å². The predicted molar refractivity (Wildman–Crippen MR) is 42.9 cm³/mol. The van der Waals surface area contributed by atoms with Crippen LogP contribution in [0.1, 0.15) is 0 Å². The summed E-state index contributed by atoms with van der Waals surface area (Å²) in [5.74, 6) is 0.146. The molecule has 3 nitrogen and oxygen atoms in total. The van der Waals surface area contributed by atoms with E-state index < -0.39 is 0 Å². The summed E-state index contributed by atoms with van der Waals surface area (Å²) in [6.07, 6.45) is 1.58. The summed E-state index contributed by atoms with van der Waals surface area (Å²) >= 11 is 1.25. The van der Waals surface area contributed by atoms with Gasteiger partial charge in [-0.1, -0.05) is 0 Å². The molecule has 0 atom stereocenters. The summed E-state index contributed by atoms with van der Waals surface area (Å²) in [6.45, 7) is 0. The molecule has 0 spiro atoms. The van der Waals surface area contributed by atoms with Crippen molar-refractivity contribution in [3.8, 4) is 11.5 Å². The van der Waals surface area contributed by atoms with E-state index in [-0.39, 0.29) is 11.5 Å². The van der Waals surface area contributed by atoms with Gasteiger partial charge in [-0.25, -0.2) is 0 Å². The zero-order valence-electron chi connectivity index (χ0n) is 5.48.